The maximum atomic E-state index is 12.1. The minimum Gasteiger partial charge on any atom is -0.496 e. The summed E-state index contributed by atoms with van der Waals surface area (Å²) in [6.45, 7) is 7.42. The summed E-state index contributed by atoms with van der Waals surface area (Å²) < 4.78 is 5.32. The summed E-state index contributed by atoms with van der Waals surface area (Å²) in [5, 5.41) is 5.51. The highest BCUT2D eigenvalue weighted by Crippen LogP contribution is 2.28. The van der Waals surface area contributed by atoms with E-state index in [1.54, 1.807) is 14.0 Å². The normalized spacial score (nSPS) is 13.4. The number of hydrogen-bond acceptors (Lipinski definition) is 3. The van der Waals surface area contributed by atoms with Gasteiger partial charge in [0.05, 0.1) is 7.11 Å². The van der Waals surface area contributed by atoms with E-state index in [4.69, 9.17) is 4.74 Å². The van der Waals surface area contributed by atoms with Gasteiger partial charge < -0.3 is 15.4 Å². The number of rotatable bonds is 7. The van der Waals surface area contributed by atoms with Gasteiger partial charge in [0.1, 0.15) is 11.8 Å². The van der Waals surface area contributed by atoms with Gasteiger partial charge in [-0.15, -0.1) is 0 Å². The number of nitrogens with one attached hydrogen (secondary N) is 2. The molecule has 0 aliphatic rings. The molecular formula is C17H26N2O3. The van der Waals surface area contributed by atoms with Crippen LogP contribution in [0.25, 0.3) is 0 Å². The number of amides is 2. The molecule has 2 N–H and O–H groups in total. The number of carbonyl (C=O) groups excluding carboxylic acids is 2. The molecule has 0 aromatic heterocycles. The topological polar surface area (TPSA) is 67.4 Å². The van der Waals surface area contributed by atoms with Crippen molar-refractivity contribution in [3.63, 3.8) is 0 Å². The highest BCUT2D eigenvalue weighted by molar-refractivity contribution is 5.87. The number of benzene rings is 1. The van der Waals surface area contributed by atoms with Gasteiger partial charge in [-0.1, -0.05) is 25.1 Å². The van der Waals surface area contributed by atoms with Crippen molar-refractivity contribution in [2.24, 2.45) is 0 Å². The van der Waals surface area contributed by atoms with E-state index in [9.17, 15) is 9.59 Å². The fourth-order valence-electron chi connectivity index (χ4n) is 2.24. The largest absolute Gasteiger partial charge is 0.496 e. The van der Waals surface area contributed by atoms with Crippen molar-refractivity contribution in [3.8, 4) is 5.75 Å². The van der Waals surface area contributed by atoms with Gasteiger partial charge in [0, 0.05) is 12.5 Å². The first-order chi connectivity index (χ1) is 10.3. The van der Waals surface area contributed by atoms with Gasteiger partial charge in [-0.3, -0.25) is 9.59 Å². The Balaban J connectivity index is 2.59. The first-order valence-corrected chi connectivity index (χ1v) is 7.57. The quantitative estimate of drug-likeness (QED) is 0.811. The molecule has 2 amide bonds. The van der Waals surface area contributed by atoms with Crippen molar-refractivity contribution in [2.75, 3.05) is 7.11 Å². The van der Waals surface area contributed by atoms with Crippen LogP contribution in [0.2, 0.25) is 0 Å². The number of hydrogen-bond donors (Lipinski definition) is 2. The molecule has 0 saturated carbocycles. The molecule has 0 spiro atoms. The Morgan fingerprint density at radius 2 is 1.73 bits per heavy atom. The first kappa shape index (κ1) is 18.0. The van der Waals surface area contributed by atoms with E-state index in [0.717, 1.165) is 11.3 Å². The highest BCUT2D eigenvalue weighted by atomic mass is 16.5. The van der Waals surface area contributed by atoms with E-state index in [1.165, 1.54) is 0 Å². The van der Waals surface area contributed by atoms with Gasteiger partial charge in [0.2, 0.25) is 11.8 Å². The van der Waals surface area contributed by atoms with E-state index in [1.807, 2.05) is 45.0 Å². The molecule has 0 radical (unpaired) electrons. The zero-order valence-corrected chi connectivity index (χ0v) is 14.0. The van der Waals surface area contributed by atoms with Crippen LogP contribution < -0.4 is 15.4 Å². The Labute approximate surface area is 132 Å². The van der Waals surface area contributed by atoms with Crippen LogP contribution >= 0.6 is 0 Å². The average Bonchev–Trinajstić information content (AvgIpc) is 2.46. The molecule has 0 saturated heterocycles. The number of carbonyl (C=O) groups is 2. The van der Waals surface area contributed by atoms with Gasteiger partial charge in [-0.25, -0.2) is 0 Å². The van der Waals surface area contributed by atoms with E-state index in [-0.39, 0.29) is 23.8 Å². The predicted octanol–water partition coefficient (Wildman–Crippen LogP) is 2.22. The Hall–Kier alpha value is -2.04. The van der Waals surface area contributed by atoms with Gasteiger partial charge in [0.15, 0.2) is 0 Å². The van der Waals surface area contributed by atoms with Gasteiger partial charge in [-0.05, 0) is 38.3 Å². The van der Waals surface area contributed by atoms with Crippen LogP contribution in [0.3, 0.4) is 0 Å². The molecule has 0 aliphatic carbocycles. The molecule has 0 bridgehead atoms. The van der Waals surface area contributed by atoms with Crippen LogP contribution in [-0.2, 0) is 9.59 Å². The molecule has 122 valence electrons. The number of para-hydroxylation sites is 1. The number of methoxy groups -OCH3 is 1. The second-order valence-corrected chi connectivity index (χ2v) is 5.80. The third kappa shape index (κ3) is 5.39. The molecule has 1 aromatic rings. The molecule has 1 rings (SSSR count). The van der Waals surface area contributed by atoms with E-state index >= 15 is 0 Å². The summed E-state index contributed by atoms with van der Waals surface area (Å²) in [7, 11) is 1.62. The second kappa shape index (κ2) is 8.41. The Morgan fingerprint density at radius 3 is 2.32 bits per heavy atom. The zero-order valence-electron chi connectivity index (χ0n) is 14.0. The summed E-state index contributed by atoms with van der Waals surface area (Å²) in [4.78, 5) is 23.9. The molecule has 5 nitrogen and oxygen atoms in total. The molecule has 0 fully saturated rings. The van der Waals surface area contributed by atoms with E-state index < -0.39 is 6.04 Å². The molecule has 0 unspecified atom stereocenters. The molecule has 5 heteroatoms. The summed E-state index contributed by atoms with van der Waals surface area (Å²) in [6.07, 6.45) is 0.305. The maximum Gasteiger partial charge on any atom is 0.242 e. The summed E-state index contributed by atoms with van der Waals surface area (Å²) in [5.74, 6) is 0.461. The van der Waals surface area contributed by atoms with Gasteiger partial charge in [-0.2, -0.15) is 0 Å². The molecule has 2 atom stereocenters. The Bertz CT molecular complexity index is 514. The Kier molecular flexibility index (Phi) is 6.89. The monoisotopic (exact) mass is 306 g/mol. The van der Waals surface area contributed by atoms with Gasteiger partial charge in [0.25, 0.3) is 0 Å². The van der Waals surface area contributed by atoms with Crippen LogP contribution in [0, 0.1) is 0 Å². The van der Waals surface area contributed by atoms with Crippen molar-refractivity contribution < 1.29 is 14.3 Å². The van der Waals surface area contributed by atoms with Gasteiger partial charge >= 0.3 is 0 Å². The maximum absolute atomic E-state index is 12.1. The predicted molar refractivity (Wildman–Crippen MR) is 86.9 cm³/mol. The summed E-state index contributed by atoms with van der Waals surface area (Å²) in [6, 6.07) is 7.16. The lowest BCUT2D eigenvalue weighted by Crippen LogP contribution is -2.46. The fourth-order valence-corrected chi connectivity index (χ4v) is 2.24. The summed E-state index contributed by atoms with van der Waals surface area (Å²) in [5.41, 5.74) is 0.986. The lowest BCUT2D eigenvalue weighted by Gasteiger charge is -2.18. The minimum atomic E-state index is -0.542. The third-order valence-corrected chi connectivity index (χ3v) is 3.36. The van der Waals surface area contributed by atoms with Crippen molar-refractivity contribution >= 4 is 11.8 Å². The molecule has 22 heavy (non-hydrogen) atoms. The highest BCUT2D eigenvalue weighted by Gasteiger charge is 2.19. The van der Waals surface area contributed by atoms with Crippen molar-refractivity contribution in [3.05, 3.63) is 29.8 Å². The molecular weight excluding hydrogens is 280 g/mol. The smallest absolute Gasteiger partial charge is 0.242 e. The molecule has 1 aromatic carbocycles. The van der Waals surface area contributed by atoms with Crippen LogP contribution in [-0.4, -0.2) is 31.0 Å². The zero-order chi connectivity index (χ0) is 16.7. The first-order valence-electron chi connectivity index (χ1n) is 7.57. The van der Waals surface area contributed by atoms with E-state index in [0.29, 0.717) is 6.42 Å². The minimum absolute atomic E-state index is 0.0107. The number of ether oxygens (including phenoxy) is 1. The second-order valence-electron chi connectivity index (χ2n) is 5.80. The van der Waals surface area contributed by atoms with Crippen molar-refractivity contribution in [1.82, 2.24) is 10.6 Å². The lowest BCUT2D eigenvalue weighted by molar-refractivity contribution is -0.129. The van der Waals surface area contributed by atoms with Crippen LogP contribution in [0.1, 0.15) is 45.6 Å². The Morgan fingerprint density at radius 1 is 1.09 bits per heavy atom. The van der Waals surface area contributed by atoms with Crippen molar-refractivity contribution in [2.45, 2.75) is 52.1 Å². The summed E-state index contributed by atoms with van der Waals surface area (Å²) >= 11 is 0. The van der Waals surface area contributed by atoms with Crippen LogP contribution in [0.4, 0.5) is 0 Å². The van der Waals surface area contributed by atoms with Crippen LogP contribution in [0.15, 0.2) is 24.3 Å². The molecule has 0 aliphatic heterocycles. The molecule has 0 heterocycles. The standard InChI is InChI=1S/C17H26N2O3/c1-11(2)18-17(21)13(4)19-16(20)10-12(3)14-8-6-7-9-15(14)22-5/h6-9,11-13H,10H2,1-5H3,(H,18,21)(H,19,20)/t12-,13+/m0/s1. The third-order valence-electron chi connectivity index (χ3n) is 3.36. The lowest BCUT2D eigenvalue weighted by atomic mass is 9.96. The van der Waals surface area contributed by atoms with E-state index in [2.05, 4.69) is 10.6 Å². The average molecular weight is 306 g/mol. The van der Waals surface area contributed by atoms with Crippen LogP contribution in [0.5, 0.6) is 5.75 Å². The fraction of sp³-hybridized carbons (Fsp3) is 0.529. The van der Waals surface area contributed by atoms with Crippen molar-refractivity contribution in [1.29, 1.82) is 0 Å². The SMILES string of the molecule is COc1ccccc1[C@@H](C)CC(=O)N[C@H](C)C(=O)NC(C)C.